The summed E-state index contributed by atoms with van der Waals surface area (Å²) in [7, 11) is 3.15. The lowest BCUT2D eigenvalue weighted by Gasteiger charge is -2.30. The first kappa shape index (κ1) is 87.1. The largest absolute Gasteiger partial charge is 0.497 e. The summed E-state index contributed by atoms with van der Waals surface area (Å²) >= 11 is 7.99. The summed E-state index contributed by atoms with van der Waals surface area (Å²) in [4.78, 5) is 100. The average molecular weight is 1840 g/mol. The number of nitrogens with zero attached hydrogens (tertiary/aromatic N) is 11. The summed E-state index contributed by atoms with van der Waals surface area (Å²) in [6.45, 7) is 21.4. The number of halogens is 4. The van der Waals surface area contributed by atoms with Gasteiger partial charge in [0.25, 0.3) is 0 Å². The van der Waals surface area contributed by atoms with Crippen molar-refractivity contribution in [2.45, 2.75) is 142 Å². The SMILES string of the molecule is CCc1cc2c(s1)N=C1N(c3ccc(OC)cc3)CC[C@@]1(O)C2=O.COc1ccc(N2CC[C@@]3(O)C(=O)c4cc(C)c(C(F)(F)F)cc4N=C23)cc1.Cc1cc(N2CC[C@@]3(O)C(=O)c4c(sc(C)c4C)N=C23)ccc1C#N.Cc1cc2cc(N3CC[C@@]4(O)C(=O)c5cc(C)c(C)cc5N=C34)ccc2o1.Cc1sc2c(c1C)C(=O)[C@]1(O)CCN(c3cccc(Br)c3)C1=N2. The van der Waals surface area contributed by atoms with Crippen LogP contribution >= 0.6 is 49.9 Å². The molecule has 0 saturated carbocycles. The molecule has 4 aromatic heterocycles. The Hall–Kier alpha value is -12.0. The molecule has 21 rings (SSSR count). The van der Waals surface area contributed by atoms with Gasteiger partial charge in [-0.3, -0.25) is 24.0 Å². The summed E-state index contributed by atoms with van der Waals surface area (Å²) in [5.41, 5.74) is 4.35. The monoisotopic (exact) mass is 1830 g/mol. The van der Waals surface area contributed by atoms with Gasteiger partial charge in [0.05, 0.1) is 59.5 Å². The van der Waals surface area contributed by atoms with Gasteiger partial charge < -0.3 is 63.9 Å². The number of nitriles is 1. The Balaban J connectivity index is 0.000000112. The van der Waals surface area contributed by atoms with Crippen LogP contribution in [0.3, 0.4) is 0 Å². The molecule has 31 heteroatoms. The van der Waals surface area contributed by atoms with E-state index in [1.165, 1.54) is 48.0 Å². The summed E-state index contributed by atoms with van der Waals surface area (Å²) in [6.07, 6.45) is -2.22. The number of aryl methyl sites for hydroxylation is 8. The molecule has 0 unspecified atom stereocenters. The van der Waals surface area contributed by atoms with E-state index in [0.29, 0.717) is 142 Å². The molecule has 10 aliphatic rings. The van der Waals surface area contributed by atoms with E-state index < -0.39 is 45.5 Å². The van der Waals surface area contributed by atoms with E-state index in [2.05, 4.69) is 42.0 Å². The zero-order chi connectivity index (χ0) is 90.4. The van der Waals surface area contributed by atoms with Crippen LogP contribution in [0.2, 0.25) is 0 Å². The number of fused-ring (bicyclic) bond motifs is 11. The minimum atomic E-state index is -4.55. The topological polar surface area (TPSA) is 320 Å². The lowest BCUT2D eigenvalue weighted by molar-refractivity contribution is -0.138. The minimum absolute atomic E-state index is 0.00771. The molecule has 0 spiro atoms. The number of benzene rings is 7. The molecular weight excluding hydrogens is 1750 g/mol. The van der Waals surface area contributed by atoms with Crippen molar-refractivity contribution in [1.29, 1.82) is 5.26 Å². The standard InChI is InChI=1S/C22H20N2O3.C20H17F3N2O3.C19H17N3O2S.C18H18N2O3S.C17H15BrN2O2S/c1-12-8-17-18(9-13(12)2)23-21-22(26,20(17)25)6-7-24(21)16-4-5-19-15(11-16)10-14(3)27-19;1-11-9-14-16(10-15(11)20(21,22)23)24-18-19(27,17(14)26)7-8-25(18)12-3-5-13(28-2)6-4-12;1-10-8-14(5-4-13(10)9-20)22-7-6-19(24)16(23)15-11(2)12(3)25-17(15)21-18(19)22;1-3-13-10-14-15(21)18(22)8-9-20(17(18)19-16(14)24-13)11-4-6-12(23-2)7-5-11;1-9-10(2)23-15-13(9)14(21)17(22)6-7-20(16(17)19-15)12-5-3-4-11(18)8-12/h4-5,8-11,26H,6-7H2,1-3H3;3-6,9-10,27H,7-8H2,1-2H3;4-5,8,24H,6-7H2,1-3H3;4-7,10,22H,3,8-9H2,1-2H3;3-5,8,22H,6-7H2,1-2H3/t22-;2*19-;18-;17-/m11111/s1. The summed E-state index contributed by atoms with van der Waals surface area (Å²) in [5, 5.41) is 67.5. The number of carbonyl (C=O) groups excluding carboxylic acids is 5. The average Bonchev–Trinajstić information content (AvgIpc) is 1.60. The van der Waals surface area contributed by atoms with E-state index in [9.17, 15) is 62.7 Å². The smallest absolute Gasteiger partial charge is 0.416 e. The van der Waals surface area contributed by atoms with Crippen LogP contribution in [0.1, 0.15) is 156 Å². The van der Waals surface area contributed by atoms with E-state index in [1.54, 1.807) is 42.3 Å². The van der Waals surface area contributed by atoms with Crippen LogP contribution in [0, 0.1) is 73.6 Å². The van der Waals surface area contributed by atoms with Gasteiger partial charge in [-0.1, -0.05) is 28.9 Å². The number of carbonyl (C=O) groups is 5. The number of hydrogen-bond donors (Lipinski definition) is 5. The molecule has 14 heterocycles. The predicted molar refractivity (Wildman–Crippen MR) is 492 cm³/mol. The zero-order valence-corrected chi connectivity index (χ0v) is 75.3. The molecule has 0 amide bonds. The van der Waals surface area contributed by atoms with Gasteiger partial charge in [-0.2, -0.15) is 18.4 Å². The molecule has 24 nitrogen and oxygen atoms in total. The Bertz CT molecular complexity index is 6720. The number of alkyl halides is 3. The van der Waals surface area contributed by atoms with Gasteiger partial charge in [-0.05, 0) is 242 Å². The van der Waals surface area contributed by atoms with Crippen molar-refractivity contribution in [2.24, 2.45) is 25.0 Å². The highest BCUT2D eigenvalue weighted by Gasteiger charge is 2.58. The fraction of sp³-hybridized carbons (Fsp3) is 0.302. The molecule has 7 aromatic carbocycles. The number of hydrogen-bond acceptors (Lipinski definition) is 27. The minimum Gasteiger partial charge on any atom is -0.497 e. The fourth-order valence-corrected chi connectivity index (χ4v) is 21.2. The van der Waals surface area contributed by atoms with Crippen molar-refractivity contribution in [3.8, 4) is 17.6 Å². The number of aliphatic imine (C=N–C) groups is 5. The third kappa shape index (κ3) is 14.7. The van der Waals surface area contributed by atoms with Crippen LogP contribution in [0.4, 0.5) is 68.0 Å². The maximum absolute atomic E-state index is 13.3. The summed E-state index contributed by atoms with van der Waals surface area (Å²) < 4.78 is 56.7. The van der Waals surface area contributed by atoms with E-state index in [0.717, 1.165) is 111 Å². The second kappa shape index (κ2) is 32.4. The molecule has 5 fully saturated rings. The molecule has 5 saturated heterocycles. The quantitative estimate of drug-likeness (QED) is 0.0943. The van der Waals surface area contributed by atoms with Gasteiger partial charge in [0.2, 0.25) is 28.9 Å². The Kier molecular flexibility index (Phi) is 22.2. The third-order valence-electron chi connectivity index (χ3n) is 25.3. The maximum atomic E-state index is 13.3. The van der Waals surface area contributed by atoms with Gasteiger partial charge in [-0.25, -0.2) is 25.0 Å². The van der Waals surface area contributed by atoms with Gasteiger partial charge in [0.15, 0.2) is 45.5 Å². The number of ether oxygens (including phenoxy) is 2. The molecule has 5 N–H and O–H groups in total. The molecular formula is C96H87BrF3N11O13S3. The molecule has 127 heavy (non-hydrogen) atoms. The number of aliphatic hydroxyl groups is 5. The van der Waals surface area contributed by atoms with Crippen molar-refractivity contribution in [1.82, 2.24) is 0 Å². The highest BCUT2D eigenvalue weighted by atomic mass is 79.9. The molecule has 0 radical (unpaired) electrons. The van der Waals surface area contributed by atoms with E-state index in [4.69, 9.17) is 24.1 Å². The van der Waals surface area contributed by atoms with Crippen molar-refractivity contribution in [3.63, 3.8) is 0 Å². The number of furan rings is 1. The number of amidine groups is 5. The van der Waals surface area contributed by atoms with Gasteiger partial charge in [0.1, 0.15) is 49.5 Å². The molecule has 0 bridgehead atoms. The van der Waals surface area contributed by atoms with Crippen molar-refractivity contribution >= 4 is 174 Å². The molecule has 11 aromatic rings. The van der Waals surface area contributed by atoms with Gasteiger partial charge in [0, 0.05) is 129 Å². The lowest BCUT2D eigenvalue weighted by atomic mass is 9.86. The fourth-order valence-electron chi connectivity index (χ4n) is 17.8. The maximum Gasteiger partial charge on any atom is 0.416 e. The first-order chi connectivity index (χ1) is 60.4. The Morgan fingerprint density at radius 3 is 1.32 bits per heavy atom. The number of methoxy groups -OCH3 is 2. The summed E-state index contributed by atoms with van der Waals surface area (Å²) in [6, 6.07) is 45.5. The molecule has 650 valence electrons. The molecule has 0 aliphatic carbocycles. The number of Topliss-reactive ketones (excluding diaryl/α,β-unsaturated/α-hetero) is 5. The Morgan fingerprint density at radius 1 is 0.457 bits per heavy atom. The van der Waals surface area contributed by atoms with Crippen LogP contribution in [-0.2, 0) is 12.6 Å². The van der Waals surface area contributed by atoms with Crippen LogP contribution < -0.4 is 34.0 Å². The molecule has 10 aliphatic heterocycles. The van der Waals surface area contributed by atoms with E-state index in [-0.39, 0.29) is 52.2 Å². The van der Waals surface area contributed by atoms with Crippen molar-refractivity contribution < 1.29 is 76.6 Å². The first-order valence-electron chi connectivity index (χ1n) is 41.3. The van der Waals surface area contributed by atoms with Crippen molar-refractivity contribution in [2.75, 3.05) is 71.4 Å². The normalized spacial score (nSPS) is 21.8. The van der Waals surface area contributed by atoms with Crippen LogP contribution in [-0.4, -0.2) is 159 Å². The highest BCUT2D eigenvalue weighted by Crippen LogP contribution is 2.51. The van der Waals surface area contributed by atoms with E-state index >= 15 is 0 Å². The number of anilines is 5. The van der Waals surface area contributed by atoms with Crippen molar-refractivity contribution in [3.05, 3.63) is 243 Å². The number of thiophene rings is 3. The summed E-state index contributed by atoms with van der Waals surface area (Å²) in [5.74, 6) is 2.44. The third-order valence-corrected chi connectivity index (χ3v) is 29.2. The van der Waals surface area contributed by atoms with E-state index in [1.807, 2.05) is 185 Å². The zero-order valence-electron chi connectivity index (χ0n) is 71.3. The highest BCUT2D eigenvalue weighted by molar-refractivity contribution is 9.10. The molecule has 5 atom stereocenters. The number of rotatable bonds is 8. The second-order valence-corrected chi connectivity index (χ2v) is 37.5. The van der Waals surface area contributed by atoms with Crippen LogP contribution in [0.15, 0.2) is 179 Å². The Morgan fingerprint density at radius 2 is 0.866 bits per heavy atom. The number of ketones is 5. The first-order valence-corrected chi connectivity index (χ1v) is 44.5. The van der Waals surface area contributed by atoms with Gasteiger partial charge >= 0.3 is 6.18 Å². The van der Waals surface area contributed by atoms with Crippen LogP contribution in [0.5, 0.6) is 11.5 Å². The van der Waals surface area contributed by atoms with Crippen LogP contribution in [0.25, 0.3) is 11.0 Å². The Labute approximate surface area is 749 Å². The predicted octanol–water partition coefficient (Wildman–Crippen LogP) is 18.7. The van der Waals surface area contributed by atoms with Gasteiger partial charge in [-0.15, -0.1) is 34.0 Å². The lowest BCUT2D eigenvalue weighted by Crippen LogP contribution is -2.48. The second-order valence-electron chi connectivity index (χ2n) is 33.0.